The smallest absolute Gasteiger partial charge is 0.200 e. The van der Waals surface area contributed by atoms with Gasteiger partial charge in [-0.05, 0) is 33.6 Å². The summed E-state index contributed by atoms with van der Waals surface area (Å²) in [7, 11) is 0. The standard InChI is InChI=1S/C15H9BrO3/c16-13-12(17)7-6-10-14(18)11(8-19-15(10)13)9-4-2-1-3-5-9/h1-8,17H. The van der Waals surface area contributed by atoms with Crippen LogP contribution in [0.15, 0.2) is 62.4 Å². The van der Waals surface area contributed by atoms with Crippen molar-refractivity contribution in [1.29, 1.82) is 0 Å². The number of halogens is 1. The second kappa shape index (κ2) is 4.55. The summed E-state index contributed by atoms with van der Waals surface area (Å²) in [6.45, 7) is 0. The van der Waals surface area contributed by atoms with E-state index in [4.69, 9.17) is 4.42 Å². The van der Waals surface area contributed by atoms with Gasteiger partial charge in [0.25, 0.3) is 0 Å². The molecule has 0 saturated carbocycles. The molecule has 0 atom stereocenters. The molecule has 1 N–H and O–H groups in total. The summed E-state index contributed by atoms with van der Waals surface area (Å²) < 4.78 is 5.87. The van der Waals surface area contributed by atoms with E-state index < -0.39 is 0 Å². The van der Waals surface area contributed by atoms with Crippen LogP contribution in [-0.4, -0.2) is 5.11 Å². The third-order valence-corrected chi connectivity index (χ3v) is 3.71. The lowest BCUT2D eigenvalue weighted by Gasteiger charge is -2.04. The van der Waals surface area contributed by atoms with E-state index in [2.05, 4.69) is 15.9 Å². The molecular formula is C15H9BrO3. The van der Waals surface area contributed by atoms with Crippen molar-refractivity contribution in [2.45, 2.75) is 0 Å². The van der Waals surface area contributed by atoms with E-state index in [-0.39, 0.29) is 11.2 Å². The highest BCUT2D eigenvalue weighted by Gasteiger charge is 2.12. The fraction of sp³-hybridized carbons (Fsp3) is 0. The van der Waals surface area contributed by atoms with Gasteiger partial charge in [-0.15, -0.1) is 0 Å². The molecule has 0 aliphatic heterocycles. The van der Waals surface area contributed by atoms with Gasteiger partial charge in [0.2, 0.25) is 5.43 Å². The Hall–Kier alpha value is -2.07. The summed E-state index contributed by atoms with van der Waals surface area (Å²) in [6, 6.07) is 12.4. The molecule has 0 unspecified atom stereocenters. The lowest BCUT2D eigenvalue weighted by atomic mass is 10.1. The molecule has 0 fully saturated rings. The van der Waals surface area contributed by atoms with Gasteiger partial charge in [0.1, 0.15) is 16.5 Å². The van der Waals surface area contributed by atoms with Gasteiger partial charge in [-0.3, -0.25) is 4.79 Å². The predicted octanol–water partition coefficient (Wildman–Crippen LogP) is 3.93. The Morgan fingerprint density at radius 3 is 2.53 bits per heavy atom. The zero-order chi connectivity index (χ0) is 13.4. The van der Waals surface area contributed by atoms with Gasteiger partial charge in [0.15, 0.2) is 5.58 Å². The van der Waals surface area contributed by atoms with Crippen molar-refractivity contribution in [3.63, 3.8) is 0 Å². The lowest BCUT2D eigenvalue weighted by molar-refractivity contribution is 0.470. The molecule has 0 amide bonds. The van der Waals surface area contributed by atoms with Crippen LogP contribution in [0.2, 0.25) is 0 Å². The van der Waals surface area contributed by atoms with Gasteiger partial charge in [-0.2, -0.15) is 0 Å². The van der Waals surface area contributed by atoms with Crippen LogP contribution < -0.4 is 5.43 Å². The molecule has 2 aromatic carbocycles. The number of benzene rings is 2. The number of fused-ring (bicyclic) bond motifs is 1. The highest BCUT2D eigenvalue weighted by atomic mass is 79.9. The highest BCUT2D eigenvalue weighted by Crippen LogP contribution is 2.32. The zero-order valence-electron chi connectivity index (χ0n) is 9.76. The highest BCUT2D eigenvalue weighted by molar-refractivity contribution is 9.10. The van der Waals surface area contributed by atoms with Crippen LogP contribution in [0.25, 0.3) is 22.1 Å². The molecule has 3 nitrogen and oxygen atoms in total. The minimum atomic E-state index is -0.117. The van der Waals surface area contributed by atoms with E-state index in [1.807, 2.05) is 30.3 Å². The summed E-state index contributed by atoms with van der Waals surface area (Å²) >= 11 is 3.21. The Labute approximate surface area is 117 Å². The van der Waals surface area contributed by atoms with Crippen molar-refractivity contribution in [3.05, 3.63) is 63.4 Å². The SMILES string of the molecule is O=c1c(-c2ccccc2)coc2c(Br)c(O)ccc12. The molecule has 3 aromatic rings. The first-order valence-corrected chi connectivity index (χ1v) is 6.46. The summed E-state index contributed by atoms with van der Waals surface area (Å²) in [6.07, 6.45) is 1.42. The molecule has 0 bridgehead atoms. The van der Waals surface area contributed by atoms with Gasteiger partial charge in [-0.25, -0.2) is 0 Å². The van der Waals surface area contributed by atoms with Gasteiger partial charge in [-0.1, -0.05) is 30.3 Å². The fourth-order valence-electron chi connectivity index (χ4n) is 1.97. The summed E-state index contributed by atoms with van der Waals surface area (Å²) in [5.41, 5.74) is 1.55. The van der Waals surface area contributed by atoms with Gasteiger partial charge < -0.3 is 9.52 Å². The quantitative estimate of drug-likeness (QED) is 0.740. The van der Waals surface area contributed by atoms with E-state index in [1.54, 1.807) is 6.07 Å². The number of aromatic hydroxyl groups is 1. The van der Waals surface area contributed by atoms with Crippen LogP contribution in [0, 0.1) is 0 Å². The maximum atomic E-state index is 12.4. The lowest BCUT2D eigenvalue weighted by Crippen LogP contribution is -2.04. The zero-order valence-corrected chi connectivity index (χ0v) is 11.3. The molecule has 1 aromatic heterocycles. The normalized spacial score (nSPS) is 10.8. The third-order valence-electron chi connectivity index (χ3n) is 2.95. The monoisotopic (exact) mass is 316 g/mol. The molecule has 94 valence electrons. The minimum absolute atomic E-state index is 0.0445. The van der Waals surface area contributed by atoms with Crippen molar-refractivity contribution in [2.75, 3.05) is 0 Å². The van der Waals surface area contributed by atoms with Crippen molar-refractivity contribution in [3.8, 4) is 16.9 Å². The van der Waals surface area contributed by atoms with Gasteiger partial charge in [0.05, 0.1) is 10.9 Å². The first kappa shape index (κ1) is 12.0. The van der Waals surface area contributed by atoms with Crippen LogP contribution in [0.3, 0.4) is 0 Å². The third kappa shape index (κ3) is 1.94. The summed E-state index contributed by atoms with van der Waals surface area (Å²) in [5, 5.41) is 10.0. The van der Waals surface area contributed by atoms with E-state index in [0.717, 1.165) is 5.56 Å². The van der Waals surface area contributed by atoms with Crippen LogP contribution >= 0.6 is 15.9 Å². The molecular weight excluding hydrogens is 308 g/mol. The van der Waals surface area contributed by atoms with E-state index in [9.17, 15) is 9.90 Å². The average Bonchev–Trinajstić information content (AvgIpc) is 2.44. The Morgan fingerprint density at radius 1 is 1.05 bits per heavy atom. The Morgan fingerprint density at radius 2 is 1.79 bits per heavy atom. The second-order valence-corrected chi connectivity index (χ2v) is 4.91. The van der Waals surface area contributed by atoms with E-state index in [0.29, 0.717) is 21.0 Å². The number of phenolic OH excluding ortho intramolecular Hbond substituents is 1. The maximum absolute atomic E-state index is 12.4. The molecule has 4 heteroatoms. The molecule has 1 heterocycles. The van der Waals surface area contributed by atoms with Crippen molar-refractivity contribution in [1.82, 2.24) is 0 Å². The number of hydrogen-bond donors (Lipinski definition) is 1. The van der Waals surface area contributed by atoms with Crippen LogP contribution in [0.4, 0.5) is 0 Å². The summed E-state index contributed by atoms with van der Waals surface area (Å²) in [4.78, 5) is 12.4. The van der Waals surface area contributed by atoms with Crippen LogP contribution in [-0.2, 0) is 0 Å². The first-order chi connectivity index (χ1) is 9.18. The second-order valence-electron chi connectivity index (χ2n) is 4.12. The molecule has 0 aliphatic carbocycles. The fourth-order valence-corrected chi connectivity index (χ4v) is 2.41. The van der Waals surface area contributed by atoms with Gasteiger partial charge >= 0.3 is 0 Å². The molecule has 0 spiro atoms. The minimum Gasteiger partial charge on any atom is -0.507 e. The largest absolute Gasteiger partial charge is 0.507 e. The first-order valence-electron chi connectivity index (χ1n) is 5.67. The molecule has 3 rings (SSSR count). The van der Waals surface area contributed by atoms with Crippen molar-refractivity contribution in [2.24, 2.45) is 0 Å². The topological polar surface area (TPSA) is 50.4 Å². The van der Waals surface area contributed by atoms with Crippen molar-refractivity contribution < 1.29 is 9.52 Å². The van der Waals surface area contributed by atoms with E-state index >= 15 is 0 Å². The van der Waals surface area contributed by atoms with Crippen LogP contribution in [0.5, 0.6) is 5.75 Å². The summed E-state index contributed by atoms with van der Waals surface area (Å²) in [5.74, 6) is 0.0445. The Balaban J connectivity index is 2.35. The number of rotatable bonds is 1. The Kier molecular flexibility index (Phi) is 2.87. The predicted molar refractivity (Wildman–Crippen MR) is 77.3 cm³/mol. The number of hydrogen-bond acceptors (Lipinski definition) is 3. The van der Waals surface area contributed by atoms with E-state index in [1.165, 1.54) is 12.3 Å². The molecule has 0 radical (unpaired) electrons. The maximum Gasteiger partial charge on any atom is 0.200 e. The van der Waals surface area contributed by atoms with Crippen molar-refractivity contribution >= 4 is 26.9 Å². The Bertz CT molecular complexity index is 807. The van der Waals surface area contributed by atoms with Crippen LogP contribution in [0.1, 0.15) is 0 Å². The molecule has 0 aliphatic rings. The average molecular weight is 317 g/mol. The number of phenols is 1. The molecule has 19 heavy (non-hydrogen) atoms. The van der Waals surface area contributed by atoms with Gasteiger partial charge in [0, 0.05) is 0 Å². The molecule has 0 saturated heterocycles.